The minimum absolute atomic E-state index is 0.893. The third kappa shape index (κ3) is 1.44. The van der Waals surface area contributed by atoms with Gasteiger partial charge in [-0.15, -0.1) is 0 Å². The van der Waals surface area contributed by atoms with Crippen LogP contribution in [0.3, 0.4) is 0 Å². The van der Waals surface area contributed by atoms with E-state index in [9.17, 15) is 0 Å². The molecule has 0 bridgehead atoms. The van der Waals surface area contributed by atoms with Crippen molar-refractivity contribution in [2.24, 2.45) is 0 Å². The molecule has 0 aliphatic heterocycles. The van der Waals surface area contributed by atoms with E-state index in [0.717, 1.165) is 39.3 Å². The predicted octanol–water partition coefficient (Wildman–Crippen LogP) is 4.16. The molecule has 5 nitrogen and oxygen atoms in total. The average molecular weight is 325 g/mol. The SMILES string of the molecule is Cc1cccc2nc3n4c5ccccc5nc4n4ccc(C)c4n3c12. The molecule has 4 aromatic heterocycles. The standard InChI is InChI=1S/C20H15N5/c1-12-6-5-8-15-17(12)25-18-13(2)10-11-23(18)19-21-14-7-3-4-9-16(14)24(19)20(25)22-15/h3-11H,1-2H3. The quantitative estimate of drug-likeness (QED) is 0.421. The predicted molar refractivity (Wildman–Crippen MR) is 99.4 cm³/mol. The lowest BCUT2D eigenvalue weighted by atomic mass is 10.2. The monoisotopic (exact) mass is 325 g/mol. The van der Waals surface area contributed by atoms with Crippen molar-refractivity contribution in [3.63, 3.8) is 0 Å². The van der Waals surface area contributed by atoms with Crippen LogP contribution in [-0.4, -0.2) is 23.2 Å². The lowest BCUT2D eigenvalue weighted by Crippen LogP contribution is -2.03. The van der Waals surface area contributed by atoms with E-state index in [0.29, 0.717) is 0 Å². The molecule has 0 atom stereocenters. The highest BCUT2D eigenvalue weighted by atomic mass is 15.3. The van der Waals surface area contributed by atoms with Crippen molar-refractivity contribution in [3.05, 3.63) is 65.9 Å². The first-order valence-corrected chi connectivity index (χ1v) is 8.38. The molecule has 0 aliphatic carbocycles. The fraction of sp³-hybridized carbons (Fsp3) is 0.100. The summed E-state index contributed by atoms with van der Waals surface area (Å²) in [4.78, 5) is 9.84. The largest absolute Gasteiger partial charge is 0.272 e. The van der Waals surface area contributed by atoms with Gasteiger partial charge in [-0.3, -0.25) is 8.80 Å². The zero-order valence-corrected chi connectivity index (χ0v) is 13.9. The van der Waals surface area contributed by atoms with E-state index < -0.39 is 0 Å². The summed E-state index contributed by atoms with van der Waals surface area (Å²) >= 11 is 0. The molecule has 0 saturated heterocycles. The summed E-state index contributed by atoms with van der Waals surface area (Å²) in [6.45, 7) is 4.28. The van der Waals surface area contributed by atoms with E-state index in [1.165, 1.54) is 11.1 Å². The van der Waals surface area contributed by atoms with Crippen LogP contribution in [0, 0.1) is 13.8 Å². The molecule has 0 radical (unpaired) electrons. The van der Waals surface area contributed by atoms with E-state index in [1.807, 2.05) is 12.1 Å². The molecule has 2 aromatic carbocycles. The first kappa shape index (κ1) is 13.0. The Morgan fingerprint density at radius 3 is 2.44 bits per heavy atom. The van der Waals surface area contributed by atoms with Gasteiger partial charge in [0.05, 0.1) is 22.1 Å². The molecule has 0 fully saturated rings. The van der Waals surface area contributed by atoms with Crippen LogP contribution < -0.4 is 0 Å². The Balaban J connectivity index is 2.09. The van der Waals surface area contributed by atoms with Gasteiger partial charge in [0.2, 0.25) is 11.6 Å². The number of aryl methyl sites for hydroxylation is 2. The summed E-state index contributed by atoms with van der Waals surface area (Å²) in [5, 5.41) is 0. The number of hydrogen-bond donors (Lipinski definition) is 0. The molecule has 0 spiro atoms. The summed E-state index contributed by atoms with van der Waals surface area (Å²) in [7, 11) is 0. The van der Waals surface area contributed by atoms with Gasteiger partial charge in [-0.2, -0.15) is 0 Å². The van der Waals surface area contributed by atoms with E-state index in [1.54, 1.807) is 0 Å². The van der Waals surface area contributed by atoms with Gasteiger partial charge in [-0.1, -0.05) is 24.3 Å². The third-order valence-corrected chi connectivity index (χ3v) is 5.09. The Labute approximate surface area is 142 Å². The Hall–Kier alpha value is -3.34. The minimum atomic E-state index is 0.893. The highest BCUT2D eigenvalue weighted by molar-refractivity contribution is 5.89. The van der Waals surface area contributed by atoms with Crippen LogP contribution in [0.4, 0.5) is 0 Å². The maximum atomic E-state index is 4.97. The molecule has 0 N–H and O–H groups in total. The fourth-order valence-electron chi connectivity index (χ4n) is 3.97. The summed E-state index contributed by atoms with van der Waals surface area (Å²) in [6, 6.07) is 16.6. The van der Waals surface area contributed by atoms with Gasteiger partial charge in [0.25, 0.3) is 0 Å². The maximum Gasteiger partial charge on any atom is 0.224 e. The molecule has 0 amide bonds. The van der Waals surface area contributed by atoms with Crippen molar-refractivity contribution in [1.29, 1.82) is 0 Å². The van der Waals surface area contributed by atoms with Crippen LogP contribution in [0.2, 0.25) is 0 Å². The number of imidazole rings is 2. The van der Waals surface area contributed by atoms with Crippen LogP contribution in [-0.2, 0) is 0 Å². The van der Waals surface area contributed by atoms with Crippen molar-refractivity contribution in [2.75, 3.05) is 0 Å². The number of benzene rings is 2. The number of para-hydroxylation sites is 3. The van der Waals surface area contributed by atoms with Gasteiger partial charge < -0.3 is 0 Å². The molecule has 4 heterocycles. The van der Waals surface area contributed by atoms with Crippen LogP contribution in [0.1, 0.15) is 11.1 Å². The molecule has 5 heteroatoms. The second-order valence-electron chi connectivity index (χ2n) is 6.62. The first-order valence-electron chi connectivity index (χ1n) is 8.38. The Bertz CT molecular complexity index is 1460. The van der Waals surface area contributed by atoms with Gasteiger partial charge in [-0.05, 0) is 49.2 Å². The van der Waals surface area contributed by atoms with Gasteiger partial charge >= 0.3 is 0 Å². The second-order valence-corrected chi connectivity index (χ2v) is 6.62. The summed E-state index contributed by atoms with van der Waals surface area (Å²) in [6.07, 6.45) is 2.09. The molecule has 0 unspecified atom stereocenters. The van der Waals surface area contributed by atoms with Gasteiger partial charge in [0.15, 0.2) is 0 Å². The topological polar surface area (TPSA) is 39.0 Å². The summed E-state index contributed by atoms with van der Waals surface area (Å²) < 4.78 is 6.58. The van der Waals surface area contributed by atoms with Crippen LogP contribution in [0.5, 0.6) is 0 Å². The van der Waals surface area contributed by atoms with Crippen LogP contribution >= 0.6 is 0 Å². The van der Waals surface area contributed by atoms with E-state index in [4.69, 9.17) is 9.97 Å². The average Bonchev–Trinajstić information content (AvgIpc) is 3.27. The Morgan fingerprint density at radius 2 is 1.52 bits per heavy atom. The molecule has 0 saturated carbocycles. The number of aromatic nitrogens is 5. The van der Waals surface area contributed by atoms with E-state index in [-0.39, 0.29) is 0 Å². The lowest BCUT2D eigenvalue weighted by molar-refractivity contribution is 1.01. The third-order valence-electron chi connectivity index (χ3n) is 5.09. The van der Waals surface area contributed by atoms with Crippen molar-refractivity contribution < 1.29 is 0 Å². The zero-order chi connectivity index (χ0) is 16.7. The number of hydrogen-bond acceptors (Lipinski definition) is 2. The Morgan fingerprint density at radius 1 is 0.720 bits per heavy atom. The molecule has 25 heavy (non-hydrogen) atoms. The summed E-state index contributed by atoms with van der Waals surface area (Å²) in [5.74, 6) is 1.80. The van der Waals surface area contributed by atoms with Gasteiger partial charge in [-0.25, -0.2) is 14.4 Å². The van der Waals surface area contributed by atoms with Crippen molar-refractivity contribution in [3.8, 4) is 0 Å². The van der Waals surface area contributed by atoms with Gasteiger partial charge in [0, 0.05) is 6.20 Å². The van der Waals surface area contributed by atoms with Crippen molar-refractivity contribution in [1.82, 2.24) is 23.2 Å². The maximum absolute atomic E-state index is 4.97. The first-order chi connectivity index (χ1) is 12.2. The van der Waals surface area contributed by atoms with Crippen LogP contribution in [0.25, 0.3) is 39.3 Å². The zero-order valence-electron chi connectivity index (χ0n) is 13.9. The number of fused-ring (bicyclic) bond motifs is 10. The molecule has 120 valence electrons. The second kappa shape index (κ2) is 4.19. The molecule has 6 aromatic rings. The van der Waals surface area contributed by atoms with Crippen molar-refractivity contribution in [2.45, 2.75) is 13.8 Å². The Kier molecular flexibility index (Phi) is 2.18. The van der Waals surface area contributed by atoms with E-state index in [2.05, 4.69) is 69.6 Å². The molecule has 6 rings (SSSR count). The highest BCUT2D eigenvalue weighted by Gasteiger charge is 2.19. The van der Waals surface area contributed by atoms with Crippen molar-refractivity contribution >= 4 is 39.3 Å². The summed E-state index contributed by atoms with van der Waals surface area (Å²) in [5.41, 5.74) is 7.76. The number of rotatable bonds is 0. The minimum Gasteiger partial charge on any atom is -0.272 e. The lowest BCUT2D eigenvalue weighted by Gasteiger charge is -2.07. The fourth-order valence-corrected chi connectivity index (χ4v) is 3.97. The molecular formula is C20H15N5. The molecule has 0 aliphatic rings. The van der Waals surface area contributed by atoms with Gasteiger partial charge in [0.1, 0.15) is 5.65 Å². The van der Waals surface area contributed by atoms with E-state index >= 15 is 0 Å². The smallest absolute Gasteiger partial charge is 0.224 e. The number of nitrogens with zero attached hydrogens (tertiary/aromatic N) is 5. The van der Waals surface area contributed by atoms with Crippen LogP contribution in [0.15, 0.2) is 54.7 Å². The normalized spacial score (nSPS) is 12.4. The highest BCUT2D eigenvalue weighted by Crippen LogP contribution is 2.28. The molecular weight excluding hydrogens is 310 g/mol.